The Morgan fingerprint density at radius 1 is 1.19 bits per heavy atom. The van der Waals surface area contributed by atoms with E-state index in [-0.39, 0.29) is 17.6 Å². The molecule has 1 unspecified atom stereocenters. The number of methoxy groups -OCH3 is 2. The maximum atomic E-state index is 12.7. The molecule has 26 heavy (non-hydrogen) atoms. The number of hydrogen-bond acceptors (Lipinski definition) is 6. The molecule has 0 saturated carbocycles. The van der Waals surface area contributed by atoms with E-state index in [9.17, 15) is 4.79 Å². The van der Waals surface area contributed by atoms with Crippen molar-refractivity contribution in [2.75, 3.05) is 24.9 Å². The van der Waals surface area contributed by atoms with Crippen LogP contribution in [0.1, 0.15) is 36.6 Å². The molecule has 1 amide bonds. The Hall–Kier alpha value is -2.54. The van der Waals surface area contributed by atoms with E-state index in [4.69, 9.17) is 21.1 Å². The molecule has 0 aliphatic carbocycles. The largest absolute Gasteiger partial charge is 0.495 e. The molecule has 8 heteroatoms. The number of anilines is 2. The zero-order valence-electron chi connectivity index (χ0n) is 15.5. The Morgan fingerprint density at radius 3 is 2.50 bits per heavy atom. The quantitative estimate of drug-likeness (QED) is 0.759. The summed E-state index contributed by atoms with van der Waals surface area (Å²) in [7, 11) is 3.00. The fraction of sp³-hybridized carbons (Fsp3) is 0.389. The maximum Gasteiger partial charge on any atom is 0.274 e. The lowest BCUT2D eigenvalue weighted by molar-refractivity contribution is 0.102. The van der Waals surface area contributed by atoms with E-state index >= 15 is 0 Å². The van der Waals surface area contributed by atoms with Gasteiger partial charge in [0.1, 0.15) is 28.8 Å². The fourth-order valence-corrected chi connectivity index (χ4v) is 2.49. The normalized spacial score (nSPS) is 11.6. The van der Waals surface area contributed by atoms with Crippen LogP contribution in [0.15, 0.2) is 18.2 Å². The number of amides is 1. The molecular weight excluding hydrogens is 356 g/mol. The van der Waals surface area contributed by atoms with Crippen LogP contribution in [-0.2, 0) is 0 Å². The van der Waals surface area contributed by atoms with Crippen molar-refractivity contribution in [2.45, 2.75) is 33.2 Å². The summed E-state index contributed by atoms with van der Waals surface area (Å²) in [5.41, 5.74) is 0.686. The molecule has 0 bridgehead atoms. The highest BCUT2D eigenvalue weighted by Gasteiger charge is 2.16. The van der Waals surface area contributed by atoms with E-state index in [0.717, 1.165) is 6.42 Å². The number of ether oxygens (including phenoxy) is 2. The van der Waals surface area contributed by atoms with Gasteiger partial charge >= 0.3 is 0 Å². The standard InChI is InChI=1S/C18H23ClN4O3/c1-6-10(2)20-17-9-14(21-11(3)22-17)18(24)23-13-8-15(25-4)12(19)7-16(13)26-5/h7-10H,6H2,1-5H3,(H,23,24)(H,20,21,22). The van der Waals surface area contributed by atoms with Crippen LogP contribution in [0.5, 0.6) is 11.5 Å². The molecule has 0 fully saturated rings. The third-order valence-corrected chi connectivity index (χ3v) is 4.09. The lowest BCUT2D eigenvalue weighted by atomic mass is 10.2. The van der Waals surface area contributed by atoms with Crippen LogP contribution in [0.3, 0.4) is 0 Å². The third kappa shape index (κ3) is 4.76. The van der Waals surface area contributed by atoms with Gasteiger partial charge in [-0.2, -0.15) is 0 Å². The Kier molecular flexibility index (Phi) is 6.63. The van der Waals surface area contributed by atoms with Gasteiger partial charge in [-0.05, 0) is 20.3 Å². The van der Waals surface area contributed by atoms with Gasteiger partial charge < -0.3 is 20.1 Å². The number of carbonyl (C=O) groups excluding carboxylic acids is 1. The second kappa shape index (κ2) is 8.71. The Bertz CT molecular complexity index is 798. The molecule has 0 saturated heterocycles. The van der Waals surface area contributed by atoms with Crippen LogP contribution < -0.4 is 20.1 Å². The first kappa shape index (κ1) is 19.8. The van der Waals surface area contributed by atoms with Crippen molar-refractivity contribution < 1.29 is 14.3 Å². The first-order chi connectivity index (χ1) is 12.4. The van der Waals surface area contributed by atoms with Gasteiger partial charge in [0.25, 0.3) is 5.91 Å². The minimum Gasteiger partial charge on any atom is -0.495 e. The van der Waals surface area contributed by atoms with Crippen LogP contribution >= 0.6 is 11.6 Å². The Labute approximate surface area is 158 Å². The number of rotatable bonds is 7. The number of benzene rings is 1. The van der Waals surface area contributed by atoms with Crippen LogP contribution in [0.25, 0.3) is 0 Å². The Balaban J connectivity index is 2.30. The predicted molar refractivity (Wildman–Crippen MR) is 103 cm³/mol. The summed E-state index contributed by atoms with van der Waals surface area (Å²) < 4.78 is 10.5. The molecule has 1 heterocycles. The van der Waals surface area contributed by atoms with Crippen molar-refractivity contribution >= 4 is 29.0 Å². The number of hydrogen-bond donors (Lipinski definition) is 2. The van der Waals surface area contributed by atoms with Crippen molar-refractivity contribution in [1.29, 1.82) is 0 Å². The third-order valence-electron chi connectivity index (χ3n) is 3.80. The highest BCUT2D eigenvalue weighted by molar-refractivity contribution is 6.32. The molecule has 7 nitrogen and oxygen atoms in total. The topological polar surface area (TPSA) is 85.4 Å². The Morgan fingerprint density at radius 2 is 1.88 bits per heavy atom. The molecule has 1 aromatic heterocycles. The summed E-state index contributed by atoms with van der Waals surface area (Å²) >= 11 is 6.09. The number of nitrogens with zero attached hydrogens (tertiary/aromatic N) is 2. The van der Waals surface area contributed by atoms with Gasteiger partial charge in [-0.3, -0.25) is 4.79 Å². The SMILES string of the molecule is CCC(C)Nc1cc(C(=O)Nc2cc(OC)c(Cl)cc2OC)nc(C)n1. The van der Waals surface area contributed by atoms with Crippen LogP contribution in [0.4, 0.5) is 11.5 Å². The summed E-state index contributed by atoms with van der Waals surface area (Å²) in [5, 5.41) is 6.42. The molecule has 2 N–H and O–H groups in total. The monoisotopic (exact) mass is 378 g/mol. The summed E-state index contributed by atoms with van der Waals surface area (Å²) in [6.45, 7) is 5.85. The average molecular weight is 379 g/mol. The summed E-state index contributed by atoms with van der Waals surface area (Å²) in [5.74, 6) is 1.58. The van der Waals surface area contributed by atoms with E-state index < -0.39 is 0 Å². The van der Waals surface area contributed by atoms with Crippen molar-refractivity contribution in [3.8, 4) is 11.5 Å². The van der Waals surface area contributed by atoms with Crippen molar-refractivity contribution in [2.24, 2.45) is 0 Å². The van der Waals surface area contributed by atoms with Crippen molar-refractivity contribution in [3.63, 3.8) is 0 Å². The second-order valence-electron chi connectivity index (χ2n) is 5.78. The zero-order valence-corrected chi connectivity index (χ0v) is 16.3. The van der Waals surface area contributed by atoms with Crippen LogP contribution in [-0.4, -0.2) is 36.1 Å². The van der Waals surface area contributed by atoms with E-state index in [1.807, 2.05) is 6.92 Å². The van der Waals surface area contributed by atoms with Gasteiger partial charge in [0.05, 0.1) is 24.9 Å². The van der Waals surface area contributed by atoms with Crippen LogP contribution in [0.2, 0.25) is 5.02 Å². The number of aryl methyl sites for hydroxylation is 1. The molecule has 1 atom stereocenters. The lowest BCUT2D eigenvalue weighted by Gasteiger charge is -2.15. The van der Waals surface area contributed by atoms with Gasteiger partial charge in [0, 0.05) is 24.2 Å². The van der Waals surface area contributed by atoms with Crippen molar-refractivity contribution in [3.05, 3.63) is 34.7 Å². The smallest absolute Gasteiger partial charge is 0.274 e. The van der Waals surface area contributed by atoms with Gasteiger partial charge in [-0.1, -0.05) is 18.5 Å². The average Bonchev–Trinajstić information content (AvgIpc) is 2.61. The van der Waals surface area contributed by atoms with Crippen molar-refractivity contribution in [1.82, 2.24) is 9.97 Å². The number of carbonyl (C=O) groups is 1. The van der Waals surface area contributed by atoms with Gasteiger partial charge in [-0.25, -0.2) is 9.97 Å². The predicted octanol–water partition coefficient (Wildman–Crippen LogP) is 3.92. The summed E-state index contributed by atoms with van der Waals surface area (Å²) in [6.07, 6.45) is 0.937. The van der Waals surface area contributed by atoms with Crippen LogP contribution in [0, 0.1) is 6.92 Å². The number of nitrogens with one attached hydrogen (secondary N) is 2. The van der Waals surface area contributed by atoms with Gasteiger partial charge in [0.15, 0.2) is 0 Å². The number of halogens is 1. The van der Waals surface area contributed by atoms with Gasteiger partial charge in [0.2, 0.25) is 0 Å². The first-order valence-electron chi connectivity index (χ1n) is 8.23. The van der Waals surface area contributed by atoms with Gasteiger partial charge in [-0.15, -0.1) is 0 Å². The van der Waals surface area contributed by atoms with E-state index in [1.54, 1.807) is 25.1 Å². The highest BCUT2D eigenvalue weighted by atomic mass is 35.5. The molecule has 0 spiro atoms. The molecule has 1 aromatic carbocycles. The van der Waals surface area contributed by atoms with E-state index in [2.05, 4.69) is 27.5 Å². The fourth-order valence-electron chi connectivity index (χ4n) is 2.26. The number of aromatic nitrogens is 2. The highest BCUT2D eigenvalue weighted by Crippen LogP contribution is 2.36. The second-order valence-corrected chi connectivity index (χ2v) is 6.19. The summed E-state index contributed by atoms with van der Waals surface area (Å²) in [4.78, 5) is 21.2. The minimum absolute atomic E-state index is 0.237. The summed E-state index contributed by atoms with van der Waals surface area (Å²) in [6, 6.07) is 5.04. The molecule has 2 rings (SSSR count). The zero-order chi connectivity index (χ0) is 19.3. The molecule has 0 aliphatic rings. The van der Waals surface area contributed by atoms with E-state index in [1.165, 1.54) is 14.2 Å². The molecule has 0 aliphatic heterocycles. The molecule has 2 aromatic rings. The molecular formula is C18H23ClN4O3. The van der Waals surface area contributed by atoms with E-state index in [0.29, 0.717) is 33.9 Å². The molecule has 0 radical (unpaired) electrons. The minimum atomic E-state index is -0.384. The molecule has 140 valence electrons. The maximum absolute atomic E-state index is 12.7. The lowest BCUT2D eigenvalue weighted by Crippen LogP contribution is -2.19. The first-order valence-corrected chi connectivity index (χ1v) is 8.60.